The SMILES string of the molecule is Cc1cc(C(=O)N2CCC[C@H](C(=O)c3ccc(Oc4ccccc4)cc3)C2)no1. The van der Waals surface area contributed by atoms with Gasteiger partial charge in [0.05, 0.1) is 0 Å². The molecule has 1 aliphatic heterocycles. The zero-order valence-electron chi connectivity index (χ0n) is 16.2. The Morgan fingerprint density at radius 1 is 1.07 bits per heavy atom. The summed E-state index contributed by atoms with van der Waals surface area (Å²) in [7, 11) is 0. The van der Waals surface area contributed by atoms with Crippen LogP contribution in [0.5, 0.6) is 11.5 Å². The van der Waals surface area contributed by atoms with E-state index in [1.165, 1.54) is 0 Å². The van der Waals surface area contributed by atoms with Gasteiger partial charge in [-0.3, -0.25) is 9.59 Å². The molecular weight excluding hydrogens is 368 g/mol. The van der Waals surface area contributed by atoms with Gasteiger partial charge in [0.2, 0.25) is 0 Å². The first-order valence-electron chi connectivity index (χ1n) is 9.70. The number of aryl methyl sites for hydroxylation is 1. The fraction of sp³-hybridized carbons (Fsp3) is 0.261. The zero-order chi connectivity index (χ0) is 20.2. The summed E-state index contributed by atoms with van der Waals surface area (Å²) < 4.78 is 10.8. The number of hydrogen-bond donors (Lipinski definition) is 0. The summed E-state index contributed by atoms with van der Waals surface area (Å²) in [6.07, 6.45) is 1.55. The molecule has 1 aromatic heterocycles. The van der Waals surface area contributed by atoms with Crippen molar-refractivity contribution < 1.29 is 18.8 Å². The molecule has 6 nitrogen and oxygen atoms in total. The van der Waals surface area contributed by atoms with Gasteiger partial charge in [0.25, 0.3) is 5.91 Å². The standard InChI is InChI=1S/C23H22N2O4/c1-16-14-21(24-29-16)23(27)25-13-5-6-18(15-25)22(26)17-9-11-20(12-10-17)28-19-7-3-2-4-8-19/h2-4,7-12,14,18H,5-6,13,15H2,1H3/t18-/m0/s1. The summed E-state index contributed by atoms with van der Waals surface area (Å²) in [5, 5.41) is 3.80. The second-order valence-corrected chi connectivity index (χ2v) is 7.22. The lowest BCUT2D eigenvalue weighted by Gasteiger charge is -2.31. The minimum atomic E-state index is -0.221. The molecule has 0 N–H and O–H groups in total. The highest BCUT2D eigenvalue weighted by Gasteiger charge is 2.30. The number of amides is 1. The maximum absolute atomic E-state index is 13.0. The third kappa shape index (κ3) is 4.37. The van der Waals surface area contributed by atoms with Crippen LogP contribution in [0.2, 0.25) is 0 Å². The van der Waals surface area contributed by atoms with Crippen molar-refractivity contribution in [1.29, 1.82) is 0 Å². The van der Waals surface area contributed by atoms with Gasteiger partial charge in [-0.1, -0.05) is 23.4 Å². The van der Waals surface area contributed by atoms with Crippen LogP contribution in [0, 0.1) is 12.8 Å². The maximum atomic E-state index is 13.0. The lowest BCUT2D eigenvalue weighted by Crippen LogP contribution is -2.42. The predicted octanol–water partition coefficient (Wildman–Crippen LogP) is 4.51. The Kier molecular flexibility index (Phi) is 5.42. The summed E-state index contributed by atoms with van der Waals surface area (Å²) in [6, 6.07) is 18.3. The van der Waals surface area contributed by atoms with Crippen LogP contribution in [0.3, 0.4) is 0 Å². The largest absolute Gasteiger partial charge is 0.457 e. The average molecular weight is 390 g/mol. The lowest BCUT2D eigenvalue weighted by atomic mass is 9.90. The third-order valence-electron chi connectivity index (χ3n) is 5.04. The van der Waals surface area contributed by atoms with Crippen molar-refractivity contribution in [2.45, 2.75) is 19.8 Å². The van der Waals surface area contributed by atoms with Crippen LogP contribution in [-0.4, -0.2) is 34.8 Å². The first-order chi connectivity index (χ1) is 14.1. The number of carbonyl (C=O) groups excluding carboxylic acids is 2. The molecule has 6 heteroatoms. The van der Waals surface area contributed by atoms with Crippen LogP contribution in [-0.2, 0) is 0 Å². The monoisotopic (exact) mass is 390 g/mol. The van der Waals surface area contributed by atoms with Crippen molar-refractivity contribution >= 4 is 11.7 Å². The molecule has 1 aliphatic rings. The van der Waals surface area contributed by atoms with Gasteiger partial charge >= 0.3 is 0 Å². The highest BCUT2D eigenvalue weighted by molar-refractivity contribution is 5.99. The number of piperidine rings is 1. The Hall–Kier alpha value is -3.41. The number of Topliss-reactive ketones (excluding diaryl/α,β-unsaturated/α-hetero) is 1. The number of ketones is 1. The smallest absolute Gasteiger partial charge is 0.276 e. The number of hydrogen-bond acceptors (Lipinski definition) is 5. The van der Waals surface area contributed by atoms with Crippen LogP contribution in [0.15, 0.2) is 65.2 Å². The molecule has 0 saturated carbocycles. The van der Waals surface area contributed by atoms with Crippen molar-refractivity contribution in [3.05, 3.63) is 77.7 Å². The van der Waals surface area contributed by atoms with Crippen molar-refractivity contribution in [3.63, 3.8) is 0 Å². The number of nitrogens with zero attached hydrogens (tertiary/aromatic N) is 2. The van der Waals surface area contributed by atoms with E-state index in [2.05, 4.69) is 5.16 Å². The molecule has 3 aromatic rings. The molecule has 1 fully saturated rings. The Morgan fingerprint density at radius 2 is 1.79 bits per heavy atom. The molecule has 0 radical (unpaired) electrons. The molecule has 1 saturated heterocycles. The van der Waals surface area contributed by atoms with E-state index < -0.39 is 0 Å². The van der Waals surface area contributed by atoms with Gasteiger partial charge < -0.3 is 14.2 Å². The number of carbonyl (C=O) groups is 2. The van der Waals surface area contributed by atoms with Gasteiger partial charge in [-0.05, 0) is 56.2 Å². The van der Waals surface area contributed by atoms with E-state index >= 15 is 0 Å². The Morgan fingerprint density at radius 3 is 2.48 bits per heavy atom. The Balaban J connectivity index is 1.41. The molecule has 29 heavy (non-hydrogen) atoms. The highest BCUT2D eigenvalue weighted by atomic mass is 16.5. The third-order valence-corrected chi connectivity index (χ3v) is 5.04. The first-order valence-corrected chi connectivity index (χ1v) is 9.70. The van der Waals surface area contributed by atoms with Crippen LogP contribution in [0.1, 0.15) is 39.4 Å². The topological polar surface area (TPSA) is 72.6 Å². The van der Waals surface area contributed by atoms with Gasteiger partial charge in [0, 0.05) is 30.6 Å². The molecule has 4 rings (SSSR count). The quantitative estimate of drug-likeness (QED) is 0.599. The highest BCUT2D eigenvalue weighted by Crippen LogP contribution is 2.25. The van der Waals surface area contributed by atoms with E-state index in [0.29, 0.717) is 30.2 Å². The van der Waals surface area contributed by atoms with Crippen LogP contribution >= 0.6 is 0 Å². The number of aromatic nitrogens is 1. The Bertz CT molecular complexity index is 995. The van der Waals surface area contributed by atoms with Crippen molar-refractivity contribution in [3.8, 4) is 11.5 Å². The number of ether oxygens (including phenoxy) is 1. The normalized spacial score (nSPS) is 16.4. The van der Waals surface area contributed by atoms with E-state index in [1.54, 1.807) is 42.2 Å². The van der Waals surface area contributed by atoms with Crippen molar-refractivity contribution in [1.82, 2.24) is 10.1 Å². The van der Waals surface area contributed by atoms with Crippen LogP contribution in [0.4, 0.5) is 0 Å². The van der Waals surface area contributed by atoms with E-state index in [-0.39, 0.29) is 23.3 Å². The summed E-state index contributed by atoms with van der Waals surface area (Å²) in [5.41, 5.74) is 0.917. The van der Waals surface area contributed by atoms with Gasteiger partial charge in [0.15, 0.2) is 11.5 Å². The second kappa shape index (κ2) is 8.31. The maximum Gasteiger partial charge on any atom is 0.276 e. The minimum Gasteiger partial charge on any atom is -0.457 e. The number of benzene rings is 2. The van der Waals surface area contributed by atoms with Gasteiger partial charge in [0.1, 0.15) is 17.3 Å². The number of rotatable bonds is 5. The molecule has 2 aromatic carbocycles. The first kappa shape index (κ1) is 18.9. The Labute approximate surface area is 169 Å². The van der Waals surface area contributed by atoms with E-state index in [0.717, 1.165) is 18.6 Å². The molecule has 148 valence electrons. The summed E-state index contributed by atoms with van der Waals surface area (Å²) in [5.74, 6) is 1.65. The molecular formula is C23H22N2O4. The molecule has 1 amide bonds. The van der Waals surface area contributed by atoms with E-state index in [1.807, 2.05) is 30.3 Å². The van der Waals surface area contributed by atoms with Crippen molar-refractivity contribution in [2.75, 3.05) is 13.1 Å². The summed E-state index contributed by atoms with van der Waals surface area (Å²) in [6.45, 7) is 2.77. The summed E-state index contributed by atoms with van der Waals surface area (Å²) >= 11 is 0. The fourth-order valence-corrected chi connectivity index (χ4v) is 3.55. The van der Waals surface area contributed by atoms with E-state index in [4.69, 9.17) is 9.26 Å². The molecule has 0 bridgehead atoms. The van der Waals surface area contributed by atoms with E-state index in [9.17, 15) is 9.59 Å². The molecule has 0 spiro atoms. The van der Waals surface area contributed by atoms with Crippen molar-refractivity contribution in [2.24, 2.45) is 5.92 Å². The molecule has 0 unspecified atom stereocenters. The van der Waals surface area contributed by atoms with Gasteiger partial charge in [-0.15, -0.1) is 0 Å². The molecule has 1 atom stereocenters. The average Bonchev–Trinajstić information content (AvgIpc) is 3.20. The fourth-order valence-electron chi connectivity index (χ4n) is 3.55. The van der Waals surface area contributed by atoms with Gasteiger partial charge in [-0.2, -0.15) is 0 Å². The second-order valence-electron chi connectivity index (χ2n) is 7.22. The lowest BCUT2D eigenvalue weighted by molar-refractivity contribution is 0.0628. The van der Waals surface area contributed by atoms with Gasteiger partial charge in [-0.25, -0.2) is 0 Å². The summed E-state index contributed by atoms with van der Waals surface area (Å²) in [4.78, 5) is 27.3. The van der Waals surface area contributed by atoms with Crippen LogP contribution < -0.4 is 4.74 Å². The number of likely N-dealkylation sites (tertiary alicyclic amines) is 1. The molecule has 0 aliphatic carbocycles. The molecule has 2 heterocycles. The zero-order valence-corrected chi connectivity index (χ0v) is 16.2. The van der Waals surface area contributed by atoms with Crippen LogP contribution in [0.25, 0.3) is 0 Å². The number of para-hydroxylation sites is 1. The minimum absolute atomic E-state index is 0.0464. The predicted molar refractivity (Wildman–Crippen MR) is 107 cm³/mol.